The highest BCUT2D eigenvalue weighted by molar-refractivity contribution is 5.86. The summed E-state index contributed by atoms with van der Waals surface area (Å²) in [6.07, 6.45) is 6.66. The van der Waals surface area contributed by atoms with Gasteiger partial charge in [-0.25, -0.2) is 0 Å². The van der Waals surface area contributed by atoms with Crippen LogP contribution in [-0.4, -0.2) is 38.4 Å². The van der Waals surface area contributed by atoms with Crippen LogP contribution in [-0.2, 0) is 9.47 Å². The molecule has 30 heavy (non-hydrogen) atoms. The topological polar surface area (TPSA) is 71.1 Å². The summed E-state index contributed by atoms with van der Waals surface area (Å²) in [5, 5.41) is 0. The van der Waals surface area contributed by atoms with Gasteiger partial charge in [0, 0.05) is 35.1 Å². The maximum atomic E-state index is 11.4. The average Bonchev–Trinajstić information content (AvgIpc) is 2.81. The van der Waals surface area contributed by atoms with E-state index >= 15 is 0 Å². The van der Waals surface area contributed by atoms with E-state index in [0.29, 0.717) is 47.0 Å². The minimum Gasteiger partial charge on any atom is -0.464 e. The predicted molar refractivity (Wildman–Crippen MR) is 111 cm³/mol. The average molecular weight is 410 g/mol. The molecule has 2 saturated heterocycles. The second-order valence-electron chi connectivity index (χ2n) is 7.57. The van der Waals surface area contributed by atoms with Crippen LogP contribution in [0, 0.1) is 0 Å². The van der Waals surface area contributed by atoms with Crippen LogP contribution in [0.5, 0.6) is 11.5 Å². The zero-order valence-corrected chi connectivity index (χ0v) is 16.9. The minimum absolute atomic E-state index is 0.333. The Hall–Kier alpha value is -2.70. The molecule has 0 amide bonds. The number of carbonyl (C=O) groups is 2. The highest BCUT2D eigenvalue weighted by Crippen LogP contribution is 2.39. The molecule has 6 heteroatoms. The van der Waals surface area contributed by atoms with Crippen molar-refractivity contribution in [1.82, 2.24) is 0 Å². The maximum absolute atomic E-state index is 11.4. The van der Waals surface area contributed by atoms with Crippen LogP contribution in [0.25, 0.3) is 11.1 Å². The van der Waals surface area contributed by atoms with E-state index in [0.717, 1.165) is 51.1 Å². The van der Waals surface area contributed by atoms with Crippen molar-refractivity contribution < 1.29 is 28.5 Å². The van der Waals surface area contributed by atoms with Crippen LogP contribution < -0.4 is 9.47 Å². The molecule has 2 aromatic rings. The van der Waals surface area contributed by atoms with Gasteiger partial charge in [-0.1, -0.05) is 0 Å². The molecular weight excluding hydrogens is 384 g/mol. The van der Waals surface area contributed by atoms with Crippen LogP contribution in [0.4, 0.5) is 0 Å². The Kier molecular flexibility index (Phi) is 6.77. The third kappa shape index (κ3) is 4.89. The molecule has 2 atom stereocenters. The second kappa shape index (κ2) is 9.87. The lowest BCUT2D eigenvalue weighted by Crippen LogP contribution is -2.26. The van der Waals surface area contributed by atoms with Crippen LogP contribution >= 0.6 is 0 Å². The zero-order valence-electron chi connectivity index (χ0n) is 16.9. The van der Waals surface area contributed by atoms with Crippen LogP contribution in [0.15, 0.2) is 36.4 Å². The Morgan fingerprint density at radius 1 is 0.700 bits per heavy atom. The molecule has 2 aromatic carbocycles. The summed E-state index contributed by atoms with van der Waals surface area (Å²) in [4.78, 5) is 22.9. The van der Waals surface area contributed by atoms with E-state index in [1.165, 1.54) is 0 Å². The molecule has 2 aliphatic heterocycles. The van der Waals surface area contributed by atoms with Gasteiger partial charge in [0.1, 0.15) is 24.1 Å². The third-order valence-electron chi connectivity index (χ3n) is 5.36. The van der Waals surface area contributed by atoms with Gasteiger partial charge in [0.15, 0.2) is 12.6 Å². The predicted octanol–water partition coefficient (Wildman–Crippen LogP) is 4.79. The Bertz CT molecular complexity index is 808. The number of aldehydes is 2. The van der Waals surface area contributed by atoms with Crippen molar-refractivity contribution in [3.8, 4) is 22.6 Å². The Morgan fingerprint density at radius 2 is 1.17 bits per heavy atom. The van der Waals surface area contributed by atoms with Gasteiger partial charge >= 0.3 is 0 Å². The molecular formula is C24H26O6. The van der Waals surface area contributed by atoms with Crippen molar-refractivity contribution in [2.75, 3.05) is 13.2 Å². The van der Waals surface area contributed by atoms with Crippen molar-refractivity contribution in [1.29, 1.82) is 0 Å². The van der Waals surface area contributed by atoms with Crippen molar-refractivity contribution in [2.45, 2.75) is 51.1 Å². The Balaban J connectivity index is 1.72. The van der Waals surface area contributed by atoms with Gasteiger partial charge in [-0.05, 0) is 62.1 Å². The van der Waals surface area contributed by atoms with Gasteiger partial charge in [0.05, 0.1) is 13.2 Å². The summed E-state index contributed by atoms with van der Waals surface area (Å²) in [5.41, 5.74) is 2.39. The zero-order chi connectivity index (χ0) is 20.8. The van der Waals surface area contributed by atoms with Crippen molar-refractivity contribution in [3.05, 3.63) is 47.5 Å². The summed E-state index contributed by atoms with van der Waals surface area (Å²) in [7, 11) is 0. The summed E-state index contributed by atoms with van der Waals surface area (Å²) in [6, 6.07) is 10.5. The summed E-state index contributed by atoms with van der Waals surface area (Å²) < 4.78 is 23.7. The van der Waals surface area contributed by atoms with E-state index in [9.17, 15) is 9.59 Å². The fourth-order valence-electron chi connectivity index (χ4n) is 3.76. The van der Waals surface area contributed by atoms with E-state index in [1.807, 2.05) is 0 Å². The molecule has 0 radical (unpaired) electrons. The third-order valence-corrected chi connectivity index (χ3v) is 5.36. The fourth-order valence-corrected chi connectivity index (χ4v) is 3.76. The van der Waals surface area contributed by atoms with Crippen molar-refractivity contribution in [3.63, 3.8) is 0 Å². The van der Waals surface area contributed by atoms with E-state index in [-0.39, 0.29) is 12.6 Å². The molecule has 2 heterocycles. The summed E-state index contributed by atoms with van der Waals surface area (Å²) >= 11 is 0. The lowest BCUT2D eigenvalue weighted by Gasteiger charge is -2.27. The number of benzene rings is 2. The highest BCUT2D eigenvalue weighted by atomic mass is 16.7. The van der Waals surface area contributed by atoms with Gasteiger partial charge in [-0.3, -0.25) is 9.59 Å². The lowest BCUT2D eigenvalue weighted by molar-refractivity contribution is -0.106. The first-order valence-electron chi connectivity index (χ1n) is 10.5. The van der Waals surface area contributed by atoms with E-state index in [2.05, 4.69) is 0 Å². The SMILES string of the molecule is O=Cc1ccc(OC2CCCCO2)c(-c2cc(C=O)ccc2OC2CCCCO2)c1. The smallest absolute Gasteiger partial charge is 0.199 e. The summed E-state index contributed by atoms with van der Waals surface area (Å²) in [6.45, 7) is 1.33. The van der Waals surface area contributed by atoms with E-state index in [4.69, 9.17) is 18.9 Å². The van der Waals surface area contributed by atoms with Crippen molar-refractivity contribution in [2.24, 2.45) is 0 Å². The first-order valence-corrected chi connectivity index (χ1v) is 10.5. The largest absolute Gasteiger partial charge is 0.464 e. The first kappa shape index (κ1) is 20.6. The number of rotatable bonds is 7. The van der Waals surface area contributed by atoms with Gasteiger partial charge in [-0.15, -0.1) is 0 Å². The number of carbonyl (C=O) groups excluding carboxylic acids is 2. The minimum atomic E-state index is -0.333. The molecule has 0 N–H and O–H groups in total. The van der Waals surface area contributed by atoms with Gasteiger partial charge in [0.2, 0.25) is 0 Å². The normalized spacial score (nSPS) is 21.6. The van der Waals surface area contributed by atoms with E-state index < -0.39 is 0 Å². The molecule has 0 spiro atoms. The molecule has 2 aliphatic rings. The monoisotopic (exact) mass is 410 g/mol. The molecule has 4 rings (SSSR count). The lowest BCUT2D eigenvalue weighted by atomic mass is 9.99. The van der Waals surface area contributed by atoms with Crippen LogP contribution in [0.3, 0.4) is 0 Å². The molecule has 158 valence electrons. The molecule has 0 aliphatic carbocycles. The number of hydrogen-bond donors (Lipinski definition) is 0. The Labute approximate surface area is 176 Å². The quantitative estimate of drug-likeness (QED) is 0.611. The second-order valence-corrected chi connectivity index (χ2v) is 7.57. The molecule has 0 aromatic heterocycles. The molecule has 6 nitrogen and oxygen atoms in total. The summed E-state index contributed by atoms with van der Waals surface area (Å²) in [5.74, 6) is 1.18. The van der Waals surface area contributed by atoms with Crippen LogP contribution in [0.2, 0.25) is 0 Å². The number of ether oxygens (including phenoxy) is 4. The standard InChI is InChI=1S/C24H26O6/c25-15-17-7-9-21(29-23-5-1-3-11-27-23)19(13-17)20-14-18(16-26)8-10-22(20)30-24-6-2-4-12-28-24/h7-10,13-16,23-24H,1-6,11-12H2. The molecule has 2 fully saturated rings. The maximum Gasteiger partial charge on any atom is 0.199 e. The van der Waals surface area contributed by atoms with Gasteiger partial charge in [0.25, 0.3) is 0 Å². The van der Waals surface area contributed by atoms with Crippen molar-refractivity contribution >= 4 is 12.6 Å². The van der Waals surface area contributed by atoms with E-state index in [1.54, 1.807) is 36.4 Å². The molecule has 0 bridgehead atoms. The van der Waals surface area contributed by atoms with Gasteiger partial charge in [-0.2, -0.15) is 0 Å². The molecule has 2 unspecified atom stereocenters. The first-order chi connectivity index (χ1) is 14.8. The Morgan fingerprint density at radius 3 is 1.53 bits per heavy atom. The van der Waals surface area contributed by atoms with Crippen LogP contribution in [0.1, 0.15) is 59.2 Å². The highest BCUT2D eigenvalue weighted by Gasteiger charge is 2.22. The number of hydrogen-bond acceptors (Lipinski definition) is 6. The van der Waals surface area contributed by atoms with Gasteiger partial charge < -0.3 is 18.9 Å². The molecule has 0 saturated carbocycles. The fraction of sp³-hybridized carbons (Fsp3) is 0.417.